The number of phenolic OH excluding ortho intramolecular Hbond substituents is 2. The molecule has 0 radical (unpaired) electrons. The summed E-state index contributed by atoms with van der Waals surface area (Å²) in [4.78, 5) is 36.4. The van der Waals surface area contributed by atoms with Crippen molar-refractivity contribution in [2.75, 3.05) is 0 Å². The van der Waals surface area contributed by atoms with Gasteiger partial charge in [0.2, 0.25) is 0 Å². The van der Waals surface area contributed by atoms with E-state index in [-0.39, 0.29) is 40.2 Å². The Labute approximate surface area is 143 Å². The number of hydrogen-bond acceptors (Lipinski definition) is 6. The molecule has 1 aliphatic carbocycles. The molecule has 1 atom stereocenters. The molecule has 2 aromatic rings. The Morgan fingerprint density at radius 3 is 2.36 bits per heavy atom. The molecule has 128 valence electrons. The zero-order valence-electron chi connectivity index (χ0n) is 13.7. The summed E-state index contributed by atoms with van der Waals surface area (Å²) >= 11 is 0. The van der Waals surface area contributed by atoms with E-state index in [2.05, 4.69) is 0 Å². The van der Waals surface area contributed by atoms with Crippen LogP contribution in [0, 0.1) is 0 Å². The average molecular weight is 340 g/mol. The molecule has 6 nitrogen and oxygen atoms in total. The van der Waals surface area contributed by atoms with Crippen molar-refractivity contribution in [3.63, 3.8) is 0 Å². The Morgan fingerprint density at radius 2 is 1.68 bits per heavy atom. The quantitative estimate of drug-likeness (QED) is 0.710. The minimum absolute atomic E-state index is 0.0420. The average Bonchev–Trinajstić information content (AvgIpc) is 2.53. The molecule has 1 aliphatic rings. The smallest absolute Gasteiger partial charge is 0.302 e. The molecule has 0 spiro atoms. The number of ketones is 2. The standard InChI is InChI=1S/C19H16O6/c1-9(25-10(2)20)8-11-6-7-13-16(17(11)22)19(24)12-4-3-5-14(21)15(12)18(13)23/h3-7,9,21-22H,8H2,1-2H3. The summed E-state index contributed by atoms with van der Waals surface area (Å²) in [6, 6.07) is 7.20. The third kappa shape index (κ3) is 2.76. The van der Waals surface area contributed by atoms with E-state index in [4.69, 9.17) is 4.74 Å². The highest BCUT2D eigenvalue weighted by Gasteiger charge is 2.34. The second-order valence-electron chi connectivity index (χ2n) is 5.98. The first kappa shape index (κ1) is 16.7. The van der Waals surface area contributed by atoms with E-state index in [0.717, 1.165) is 0 Å². The summed E-state index contributed by atoms with van der Waals surface area (Å²) in [5, 5.41) is 20.4. The van der Waals surface area contributed by atoms with Crippen LogP contribution in [0.1, 0.15) is 51.3 Å². The van der Waals surface area contributed by atoms with Crippen LogP contribution >= 0.6 is 0 Å². The lowest BCUT2D eigenvalue weighted by Gasteiger charge is -2.21. The molecule has 2 N–H and O–H groups in total. The van der Waals surface area contributed by atoms with E-state index in [1.165, 1.54) is 37.3 Å². The van der Waals surface area contributed by atoms with Gasteiger partial charge in [-0.25, -0.2) is 0 Å². The van der Waals surface area contributed by atoms with Crippen molar-refractivity contribution in [3.8, 4) is 11.5 Å². The molecular weight excluding hydrogens is 324 g/mol. The van der Waals surface area contributed by atoms with E-state index in [1.54, 1.807) is 6.92 Å². The predicted molar refractivity (Wildman–Crippen MR) is 88.0 cm³/mol. The van der Waals surface area contributed by atoms with Crippen molar-refractivity contribution < 1.29 is 29.3 Å². The molecule has 0 fully saturated rings. The number of hydrogen-bond donors (Lipinski definition) is 2. The molecule has 6 heteroatoms. The molecule has 0 bridgehead atoms. The van der Waals surface area contributed by atoms with Crippen LogP contribution in [0.2, 0.25) is 0 Å². The third-order valence-electron chi connectivity index (χ3n) is 4.12. The molecule has 0 saturated carbocycles. The van der Waals surface area contributed by atoms with Gasteiger partial charge in [-0.1, -0.05) is 18.2 Å². The van der Waals surface area contributed by atoms with Crippen molar-refractivity contribution in [2.45, 2.75) is 26.4 Å². The molecule has 1 unspecified atom stereocenters. The lowest BCUT2D eigenvalue weighted by molar-refractivity contribution is -0.145. The summed E-state index contributed by atoms with van der Waals surface area (Å²) in [5.41, 5.74) is 0.353. The molecule has 0 heterocycles. The second-order valence-corrected chi connectivity index (χ2v) is 5.98. The topological polar surface area (TPSA) is 101 Å². The lowest BCUT2D eigenvalue weighted by Crippen LogP contribution is -2.22. The van der Waals surface area contributed by atoms with Gasteiger partial charge in [-0.3, -0.25) is 14.4 Å². The lowest BCUT2D eigenvalue weighted by atomic mass is 9.82. The van der Waals surface area contributed by atoms with Gasteiger partial charge in [0.15, 0.2) is 11.6 Å². The zero-order valence-corrected chi connectivity index (χ0v) is 13.7. The van der Waals surface area contributed by atoms with Crippen molar-refractivity contribution >= 4 is 17.5 Å². The molecular formula is C19H16O6. The zero-order chi connectivity index (χ0) is 18.3. The van der Waals surface area contributed by atoms with Crippen LogP contribution in [0.5, 0.6) is 11.5 Å². The summed E-state index contributed by atoms with van der Waals surface area (Å²) in [7, 11) is 0. The number of benzene rings is 2. The maximum atomic E-state index is 12.7. The van der Waals surface area contributed by atoms with Crippen LogP contribution in [0.15, 0.2) is 30.3 Å². The first-order valence-electron chi connectivity index (χ1n) is 7.74. The summed E-state index contributed by atoms with van der Waals surface area (Å²) in [5.74, 6) is -2.06. The molecule has 2 aromatic carbocycles. The number of carbonyl (C=O) groups is 3. The van der Waals surface area contributed by atoms with Crippen molar-refractivity contribution in [1.82, 2.24) is 0 Å². The third-order valence-corrected chi connectivity index (χ3v) is 4.12. The van der Waals surface area contributed by atoms with Gasteiger partial charge in [-0.2, -0.15) is 0 Å². The van der Waals surface area contributed by atoms with Crippen LogP contribution in [-0.4, -0.2) is 33.9 Å². The number of fused-ring (bicyclic) bond motifs is 2. The fourth-order valence-corrected chi connectivity index (χ4v) is 3.09. The van der Waals surface area contributed by atoms with Gasteiger partial charge in [-0.15, -0.1) is 0 Å². The number of phenols is 2. The number of ether oxygens (including phenoxy) is 1. The van der Waals surface area contributed by atoms with Crippen LogP contribution in [0.25, 0.3) is 0 Å². The Morgan fingerprint density at radius 1 is 1.04 bits per heavy atom. The van der Waals surface area contributed by atoms with Crippen LogP contribution < -0.4 is 0 Å². The second kappa shape index (κ2) is 6.05. The first-order valence-corrected chi connectivity index (χ1v) is 7.74. The normalized spacial score (nSPS) is 13.8. The Bertz CT molecular complexity index is 912. The van der Waals surface area contributed by atoms with E-state index < -0.39 is 23.6 Å². The van der Waals surface area contributed by atoms with E-state index in [0.29, 0.717) is 5.56 Å². The SMILES string of the molecule is CC(=O)OC(C)Cc1ccc2c(c1O)C(=O)c1cccc(O)c1C2=O. The molecule has 0 aromatic heterocycles. The van der Waals surface area contributed by atoms with E-state index in [1.807, 2.05) is 0 Å². The van der Waals surface area contributed by atoms with Gasteiger partial charge in [0.1, 0.15) is 17.6 Å². The molecule has 0 saturated heterocycles. The predicted octanol–water partition coefficient (Wildman–Crippen LogP) is 2.37. The minimum Gasteiger partial charge on any atom is -0.507 e. The Kier molecular flexibility index (Phi) is 4.04. The first-order chi connectivity index (χ1) is 11.8. The molecule has 0 amide bonds. The Hall–Kier alpha value is -3.15. The van der Waals surface area contributed by atoms with E-state index >= 15 is 0 Å². The molecule has 25 heavy (non-hydrogen) atoms. The van der Waals surface area contributed by atoms with Gasteiger partial charge < -0.3 is 14.9 Å². The highest BCUT2D eigenvalue weighted by Crippen LogP contribution is 2.38. The molecule has 0 aliphatic heterocycles. The monoisotopic (exact) mass is 340 g/mol. The van der Waals surface area contributed by atoms with Crippen LogP contribution in [0.3, 0.4) is 0 Å². The van der Waals surface area contributed by atoms with Crippen molar-refractivity contribution in [1.29, 1.82) is 0 Å². The van der Waals surface area contributed by atoms with Crippen molar-refractivity contribution in [2.24, 2.45) is 0 Å². The van der Waals surface area contributed by atoms with Gasteiger partial charge in [-0.05, 0) is 24.6 Å². The Balaban J connectivity index is 2.07. The minimum atomic E-state index is -0.528. The highest BCUT2D eigenvalue weighted by molar-refractivity contribution is 6.30. The van der Waals surface area contributed by atoms with Crippen LogP contribution in [0.4, 0.5) is 0 Å². The van der Waals surface area contributed by atoms with E-state index in [9.17, 15) is 24.6 Å². The fraction of sp³-hybridized carbons (Fsp3) is 0.211. The van der Waals surface area contributed by atoms with Gasteiger partial charge in [0.05, 0.1) is 11.1 Å². The number of aromatic hydroxyl groups is 2. The van der Waals surface area contributed by atoms with Gasteiger partial charge in [0.25, 0.3) is 0 Å². The highest BCUT2D eigenvalue weighted by atomic mass is 16.5. The summed E-state index contributed by atoms with van der Waals surface area (Å²) in [6.45, 7) is 2.95. The maximum absolute atomic E-state index is 12.7. The fourth-order valence-electron chi connectivity index (χ4n) is 3.09. The van der Waals surface area contributed by atoms with Gasteiger partial charge in [0, 0.05) is 24.5 Å². The van der Waals surface area contributed by atoms with Crippen molar-refractivity contribution in [3.05, 3.63) is 58.1 Å². The number of rotatable bonds is 3. The number of carbonyl (C=O) groups excluding carboxylic acids is 3. The number of esters is 1. The van der Waals surface area contributed by atoms with Gasteiger partial charge >= 0.3 is 5.97 Å². The summed E-state index contributed by atoms with van der Waals surface area (Å²) < 4.78 is 5.04. The molecule has 3 rings (SSSR count). The maximum Gasteiger partial charge on any atom is 0.302 e. The summed E-state index contributed by atoms with van der Waals surface area (Å²) in [6.07, 6.45) is -0.292. The largest absolute Gasteiger partial charge is 0.507 e. The van der Waals surface area contributed by atoms with Crippen LogP contribution in [-0.2, 0) is 16.0 Å².